The first-order chi connectivity index (χ1) is 7.86. The third-order valence-electron chi connectivity index (χ3n) is 4.07. The molecule has 0 aromatic rings. The molecule has 0 aromatic carbocycles. The molecule has 3 heteroatoms. The zero-order chi connectivity index (χ0) is 11.2. The molecule has 1 N–H and O–H groups in total. The number of ether oxygens (including phenoxy) is 1. The van der Waals surface area contributed by atoms with Gasteiger partial charge >= 0.3 is 0 Å². The lowest BCUT2D eigenvalue weighted by Crippen LogP contribution is -2.41. The van der Waals surface area contributed by atoms with Gasteiger partial charge in [-0.05, 0) is 32.7 Å². The summed E-state index contributed by atoms with van der Waals surface area (Å²) in [5, 5.41) is 3.68. The van der Waals surface area contributed by atoms with Crippen LogP contribution in [0.2, 0.25) is 0 Å². The average molecular weight is 226 g/mol. The molecule has 3 nitrogen and oxygen atoms in total. The number of nitrogens with zero attached hydrogens (tertiary/aromatic N) is 1. The first-order valence-electron chi connectivity index (χ1n) is 6.87. The van der Waals surface area contributed by atoms with Gasteiger partial charge in [0.1, 0.15) is 0 Å². The summed E-state index contributed by atoms with van der Waals surface area (Å²) < 4.78 is 5.39. The molecule has 1 saturated carbocycles. The highest BCUT2D eigenvalue weighted by atomic mass is 16.5. The van der Waals surface area contributed by atoms with Gasteiger partial charge < -0.3 is 15.0 Å². The Balaban J connectivity index is 1.57. The summed E-state index contributed by atoms with van der Waals surface area (Å²) in [6.07, 6.45) is 8.04. The monoisotopic (exact) mass is 226 g/mol. The van der Waals surface area contributed by atoms with Crippen molar-refractivity contribution in [3.63, 3.8) is 0 Å². The molecule has 2 aliphatic rings. The van der Waals surface area contributed by atoms with E-state index >= 15 is 0 Å². The van der Waals surface area contributed by atoms with E-state index in [2.05, 4.69) is 17.3 Å². The maximum atomic E-state index is 5.39. The largest absolute Gasteiger partial charge is 0.381 e. The molecule has 1 aliphatic carbocycles. The van der Waals surface area contributed by atoms with Gasteiger partial charge in [0.25, 0.3) is 0 Å². The van der Waals surface area contributed by atoms with E-state index in [0.717, 1.165) is 31.8 Å². The normalized spacial score (nSPS) is 24.4. The third-order valence-corrected chi connectivity index (χ3v) is 4.07. The first kappa shape index (κ1) is 12.3. The van der Waals surface area contributed by atoms with Crippen molar-refractivity contribution in [2.24, 2.45) is 0 Å². The van der Waals surface area contributed by atoms with Crippen LogP contribution >= 0.6 is 0 Å². The van der Waals surface area contributed by atoms with Crippen molar-refractivity contribution in [1.82, 2.24) is 10.2 Å². The van der Waals surface area contributed by atoms with Crippen LogP contribution in [0.1, 0.15) is 38.5 Å². The van der Waals surface area contributed by atoms with E-state index in [9.17, 15) is 0 Å². The third kappa shape index (κ3) is 3.72. The van der Waals surface area contributed by atoms with Crippen LogP contribution < -0.4 is 5.32 Å². The van der Waals surface area contributed by atoms with Gasteiger partial charge in [0.2, 0.25) is 0 Å². The predicted octanol–water partition coefficient (Wildman–Crippen LogP) is 1.63. The molecule has 1 saturated heterocycles. The van der Waals surface area contributed by atoms with Gasteiger partial charge in [0.05, 0.1) is 0 Å². The van der Waals surface area contributed by atoms with Gasteiger partial charge in [0, 0.05) is 38.4 Å². The van der Waals surface area contributed by atoms with E-state index in [-0.39, 0.29) is 0 Å². The lowest BCUT2D eigenvalue weighted by Gasteiger charge is -2.31. The summed E-state index contributed by atoms with van der Waals surface area (Å²) in [7, 11) is 2.26. The zero-order valence-corrected chi connectivity index (χ0v) is 10.6. The van der Waals surface area contributed by atoms with Crippen LogP contribution in [-0.4, -0.2) is 50.3 Å². The molecule has 1 heterocycles. The Hall–Kier alpha value is -0.120. The molecule has 2 rings (SSSR count). The summed E-state index contributed by atoms with van der Waals surface area (Å²) in [6, 6.07) is 1.56. The van der Waals surface area contributed by atoms with E-state index in [1.165, 1.54) is 45.1 Å². The van der Waals surface area contributed by atoms with Gasteiger partial charge in [-0.1, -0.05) is 12.8 Å². The fourth-order valence-electron chi connectivity index (χ4n) is 2.88. The minimum Gasteiger partial charge on any atom is -0.381 e. The molecule has 2 fully saturated rings. The molecule has 0 amide bonds. The maximum Gasteiger partial charge on any atom is 0.0480 e. The van der Waals surface area contributed by atoms with E-state index in [0.29, 0.717) is 0 Å². The standard InChI is InChI=1S/C13H26N2O/c1-15(13-6-10-16-11-7-13)9-8-14-12-4-2-3-5-12/h12-14H,2-11H2,1H3. The molecule has 0 spiro atoms. The minimum atomic E-state index is 0.749. The van der Waals surface area contributed by atoms with E-state index in [1.807, 2.05) is 0 Å². The minimum absolute atomic E-state index is 0.749. The summed E-state index contributed by atoms with van der Waals surface area (Å²) in [5.74, 6) is 0. The number of hydrogen-bond acceptors (Lipinski definition) is 3. The summed E-state index contributed by atoms with van der Waals surface area (Å²) in [4.78, 5) is 2.50. The van der Waals surface area contributed by atoms with E-state index in [1.54, 1.807) is 0 Å². The molecule has 94 valence electrons. The summed E-state index contributed by atoms with van der Waals surface area (Å²) >= 11 is 0. The summed E-state index contributed by atoms with van der Waals surface area (Å²) in [6.45, 7) is 4.23. The first-order valence-corrected chi connectivity index (χ1v) is 6.87. The molecular weight excluding hydrogens is 200 g/mol. The Morgan fingerprint density at radius 1 is 1.12 bits per heavy atom. The molecular formula is C13H26N2O. The van der Waals surface area contributed by atoms with Gasteiger partial charge in [-0.2, -0.15) is 0 Å². The molecule has 16 heavy (non-hydrogen) atoms. The molecule has 0 aromatic heterocycles. The smallest absolute Gasteiger partial charge is 0.0480 e. The van der Waals surface area contributed by atoms with Gasteiger partial charge in [0.15, 0.2) is 0 Å². The Morgan fingerprint density at radius 3 is 2.50 bits per heavy atom. The highest BCUT2D eigenvalue weighted by Gasteiger charge is 2.18. The molecule has 0 atom stereocenters. The van der Waals surface area contributed by atoms with Crippen molar-refractivity contribution in [3.8, 4) is 0 Å². The van der Waals surface area contributed by atoms with Crippen LogP contribution in [0.5, 0.6) is 0 Å². The lowest BCUT2D eigenvalue weighted by atomic mass is 10.1. The zero-order valence-electron chi connectivity index (χ0n) is 10.6. The second-order valence-electron chi connectivity index (χ2n) is 5.26. The lowest BCUT2D eigenvalue weighted by molar-refractivity contribution is 0.0432. The topological polar surface area (TPSA) is 24.5 Å². The van der Waals surface area contributed by atoms with Gasteiger partial charge in [-0.3, -0.25) is 0 Å². The van der Waals surface area contributed by atoms with Crippen LogP contribution in [0.25, 0.3) is 0 Å². The Kier molecular flexibility index (Phi) is 5.07. The highest BCUT2D eigenvalue weighted by Crippen LogP contribution is 2.17. The van der Waals surface area contributed by atoms with Crippen LogP contribution in [0.3, 0.4) is 0 Å². The van der Waals surface area contributed by atoms with Crippen molar-refractivity contribution in [1.29, 1.82) is 0 Å². The van der Waals surface area contributed by atoms with Crippen LogP contribution in [-0.2, 0) is 4.74 Å². The second kappa shape index (κ2) is 6.58. The predicted molar refractivity (Wildman–Crippen MR) is 66.7 cm³/mol. The van der Waals surface area contributed by atoms with Crippen LogP contribution in [0.4, 0.5) is 0 Å². The molecule has 0 bridgehead atoms. The SMILES string of the molecule is CN(CCNC1CCCC1)C1CCOCC1. The van der Waals surface area contributed by atoms with Crippen LogP contribution in [0, 0.1) is 0 Å². The average Bonchev–Trinajstić information content (AvgIpc) is 2.83. The van der Waals surface area contributed by atoms with Gasteiger partial charge in [-0.25, -0.2) is 0 Å². The molecule has 1 aliphatic heterocycles. The van der Waals surface area contributed by atoms with Crippen molar-refractivity contribution in [3.05, 3.63) is 0 Å². The molecule has 0 radical (unpaired) electrons. The van der Waals surface area contributed by atoms with Gasteiger partial charge in [-0.15, -0.1) is 0 Å². The number of nitrogens with one attached hydrogen (secondary N) is 1. The second-order valence-corrected chi connectivity index (χ2v) is 5.26. The summed E-state index contributed by atoms with van der Waals surface area (Å²) in [5.41, 5.74) is 0. The molecule has 0 unspecified atom stereocenters. The maximum absolute atomic E-state index is 5.39. The van der Waals surface area contributed by atoms with Crippen molar-refractivity contribution < 1.29 is 4.74 Å². The fraction of sp³-hybridized carbons (Fsp3) is 1.00. The Morgan fingerprint density at radius 2 is 1.81 bits per heavy atom. The van der Waals surface area contributed by atoms with Crippen molar-refractivity contribution in [2.45, 2.75) is 50.6 Å². The Bertz CT molecular complexity index is 186. The van der Waals surface area contributed by atoms with E-state index < -0.39 is 0 Å². The number of rotatable bonds is 5. The van der Waals surface area contributed by atoms with E-state index in [4.69, 9.17) is 4.74 Å². The van der Waals surface area contributed by atoms with Crippen molar-refractivity contribution >= 4 is 0 Å². The Labute approximate surface area is 99.5 Å². The van der Waals surface area contributed by atoms with Crippen LogP contribution in [0.15, 0.2) is 0 Å². The number of hydrogen-bond donors (Lipinski definition) is 1. The highest BCUT2D eigenvalue weighted by molar-refractivity contribution is 4.76. The number of likely N-dealkylation sites (N-methyl/N-ethyl adjacent to an activating group) is 1. The van der Waals surface area contributed by atoms with Crippen molar-refractivity contribution in [2.75, 3.05) is 33.4 Å². The fourth-order valence-corrected chi connectivity index (χ4v) is 2.88. The quantitative estimate of drug-likeness (QED) is 0.771.